The van der Waals surface area contributed by atoms with Crippen molar-refractivity contribution in [3.8, 4) is 0 Å². The molecular weight excluding hydrogens is 362 g/mol. The average molecular weight is 385 g/mol. The van der Waals surface area contributed by atoms with Crippen LogP contribution >= 0.6 is 12.4 Å². The molecule has 8 heteroatoms. The van der Waals surface area contributed by atoms with Gasteiger partial charge in [-0.05, 0) is 50.1 Å². The lowest BCUT2D eigenvalue weighted by atomic mass is 10.0. The van der Waals surface area contributed by atoms with Gasteiger partial charge in [0.05, 0.1) is 12.1 Å². The van der Waals surface area contributed by atoms with Crippen molar-refractivity contribution in [3.05, 3.63) is 53.4 Å². The molecule has 0 aliphatic carbocycles. The maximum Gasteiger partial charge on any atom is 0.272 e. The number of hydrogen-bond donors (Lipinski definition) is 2. The molecule has 0 spiro atoms. The van der Waals surface area contributed by atoms with E-state index in [9.17, 15) is 13.6 Å². The molecule has 2 N–H and O–H groups in total. The van der Waals surface area contributed by atoms with E-state index in [1.165, 1.54) is 0 Å². The van der Waals surface area contributed by atoms with Gasteiger partial charge in [-0.3, -0.25) is 9.48 Å². The van der Waals surface area contributed by atoms with Crippen LogP contribution in [-0.2, 0) is 0 Å². The van der Waals surface area contributed by atoms with E-state index >= 15 is 0 Å². The first-order chi connectivity index (χ1) is 12.1. The van der Waals surface area contributed by atoms with Crippen LogP contribution in [0.25, 0.3) is 0 Å². The Morgan fingerprint density at radius 2 is 2.23 bits per heavy atom. The second-order valence-electron chi connectivity index (χ2n) is 6.28. The van der Waals surface area contributed by atoms with Gasteiger partial charge in [0.15, 0.2) is 0 Å². The van der Waals surface area contributed by atoms with Crippen molar-refractivity contribution in [1.82, 2.24) is 20.4 Å². The zero-order chi connectivity index (χ0) is 17.8. The Kier molecular flexibility index (Phi) is 7.11. The number of piperidine rings is 1. The topological polar surface area (TPSA) is 59.0 Å². The van der Waals surface area contributed by atoms with Crippen LogP contribution in [0.5, 0.6) is 0 Å². The number of nitrogens with zero attached hydrogens (tertiary/aromatic N) is 2. The van der Waals surface area contributed by atoms with E-state index in [-0.39, 0.29) is 29.7 Å². The lowest BCUT2D eigenvalue weighted by molar-refractivity contribution is 0.0928. The number of rotatable bonds is 5. The van der Waals surface area contributed by atoms with Gasteiger partial charge in [0.25, 0.3) is 5.91 Å². The van der Waals surface area contributed by atoms with E-state index in [0.29, 0.717) is 6.42 Å². The third kappa shape index (κ3) is 4.59. The summed E-state index contributed by atoms with van der Waals surface area (Å²) in [7, 11) is 0. The van der Waals surface area contributed by atoms with Crippen LogP contribution in [0, 0.1) is 11.6 Å². The van der Waals surface area contributed by atoms with E-state index in [0.717, 1.165) is 44.1 Å². The zero-order valence-electron chi connectivity index (χ0n) is 14.5. The third-order valence-electron chi connectivity index (χ3n) is 4.53. The van der Waals surface area contributed by atoms with Crippen molar-refractivity contribution in [2.45, 2.75) is 38.3 Å². The summed E-state index contributed by atoms with van der Waals surface area (Å²) in [6, 6.07) is 4.54. The molecule has 1 saturated heterocycles. The molecule has 5 nitrogen and oxygen atoms in total. The standard InChI is InChI=1S/C18H22F2N4O.ClH/c1-2-16(14-10-12(19)5-6-15(14)20)22-18(25)17-7-9-24(23-17)13-4-3-8-21-11-13;/h5-7,9-10,13,16,21H,2-4,8,11H2,1H3,(H,22,25);1H. The van der Waals surface area contributed by atoms with Gasteiger partial charge in [-0.15, -0.1) is 12.4 Å². The average Bonchev–Trinajstić information content (AvgIpc) is 3.13. The van der Waals surface area contributed by atoms with Gasteiger partial charge in [0.2, 0.25) is 0 Å². The minimum atomic E-state index is -0.607. The monoisotopic (exact) mass is 384 g/mol. The van der Waals surface area contributed by atoms with Crippen molar-refractivity contribution in [2.75, 3.05) is 13.1 Å². The van der Waals surface area contributed by atoms with Gasteiger partial charge >= 0.3 is 0 Å². The Balaban J connectivity index is 0.00000243. The van der Waals surface area contributed by atoms with Gasteiger partial charge in [-0.25, -0.2) is 8.78 Å². The summed E-state index contributed by atoms with van der Waals surface area (Å²) >= 11 is 0. The van der Waals surface area contributed by atoms with Crippen molar-refractivity contribution >= 4 is 18.3 Å². The first-order valence-corrected chi connectivity index (χ1v) is 8.60. The van der Waals surface area contributed by atoms with E-state index in [1.54, 1.807) is 16.9 Å². The first kappa shape index (κ1) is 20.3. The number of halogens is 3. The smallest absolute Gasteiger partial charge is 0.272 e. The Morgan fingerprint density at radius 3 is 2.92 bits per heavy atom. The lowest BCUT2D eigenvalue weighted by Crippen LogP contribution is -2.32. The quantitative estimate of drug-likeness (QED) is 0.830. The summed E-state index contributed by atoms with van der Waals surface area (Å²) < 4.78 is 29.2. The minimum Gasteiger partial charge on any atom is -0.344 e. The predicted molar refractivity (Wildman–Crippen MR) is 97.5 cm³/mol. The molecule has 1 aliphatic rings. The molecule has 0 bridgehead atoms. The van der Waals surface area contributed by atoms with Gasteiger partial charge in [0.1, 0.15) is 17.3 Å². The van der Waals surface area contributed by atoms with Crippen LogP contribution in [-0.4, -0.2) is 28.8 Å². The molecule has 1 aromatic carbocycles. The maximum atomic E-state index is 14.0. The first-order valence-electron chi connectivity index (χ1n) is 8.60. The van der Waals surface area contributed by atoms with Crippen LogP contribution in [0.15, 0.2) is 30.5 Å². The summed E-state index contributed by atoms with van der Waals surface area (Å²) in [5.74, 6) is -1.46. The summed E-state index contributed by atoms with van der Waals surface area (Å²) in [5, 5.41) is 10.4. The summed E-state index contributed by atoms with van der Waals surface area (Å²) in [5.41, 5.74) is 0.424. The molecule has 0 saturated carbocycles. The van der Waals surface area contributed by atoms with Crippen LogP contribution in [0.3, 0.4) is 0 Å². The molecule has 2 heterocycles. The molecule has 2 unspecified atom stereocenters. The number of aromatic nitrogens is 2. The van der Waals surface area contributed by atoms with Crippen LogP contribution < -0.4 is 10.6 Å². The van der Waals surface area contributed by atoms with Crippen molar-refractivity contribution < 1.29 is 13.6 Å². The van der Waals surface area contributed by atoms with Crippen LogP contribution in [0.2, 0.25) is 0 Å². The van der Waals surface area contributed by atoms with E-state index in [2.05, 4.69) is 15.7 Å². The largest absolute Gasteiger partial charge is 0.344 e. The Bertz CT molecular complexity index is 747. The second kappa shape index (κ2) is 9.09. The van der Waals surface area contributed by atoms with Crippen LogP contribution in [0.1, 0.15) is 54.3 Å². The Morgan fingerprint density at radius 1 is 1.42 bits per heavy atom. The highest BCUT2D eigenvalue weighted by molar-refractivity contribution is 5.92. The fraction of sp³-hybridized carbons (Fsp3) is 0.444. The molecule has 1 fully saturated rings. The summed E-state index contributed by atoms with van der Waals surface area (Å²) in [6.07, 6.45) is 4.32. The SMILES string of the molecule is CCC(NC(=O)c1ccn(C2CCCNC2)n1)c1cc(F)ccc1F.Cl. The fourth-order valence-electron chi connectivity index (χ4n) is 3.14. The van der Waals surface area contributed by atoms with Crippen molar-refractivity contribution in [1.29, 1.82) is 0 Å². The maximum absolute atomic E-state index is 14.0. The summed E-state index contributed by atoms with van der Waals surface area (Å²) in [4.78, 5) is 12.5. The highest BCUT2D eigenvalue weighted by atomic mass is 35.5. The number of carbonyl (C=O) groups excluding carboxylic acids is 1. The van der Waals surface area contributed by atoms with Gasteiger partial charge < -0.3 is 10.6 Å². The molecule has 26 heavy (non-hydrogen) atoms. The van der Waals surface area contributed by atoms with Gasteiger partial charge in [0, 0.05) is 18.3 Å². The second-order valence-corrected chi connectivity index (χ2v) is 6.28. The lowest BCUT2D eigenvalue weighted by Gasteiger charge is -2.23. The molecule has 142 valence electrons. The third-order valence-corrected chi connectivity index (χ3v) is 4.53. The molecule has 2 aromatic rings. The van der Waals surface area contributed by atoms with E-state index < -0.39 is 23.6 Å². The Hall–Kier alpha value is -1.99. The molecule has 1 aliphatic heterocycles. The van der Waals surface area contributed by atoms with Gasteiger partial charge in [-0.2, -0.15) is 5.10 Å². The number of carbonyl (C=O) groups is 1. The van der Waals surface area contributed by atoms with Crippen molar-refractivity contribution in [3.63, 3.8) is 0 Å². The zero-order valence-corrected chi connectivity index (χ0v) is 15.4. The number of nitrogens with one attached hydrogen (secondary N) is 2. The fourth-order valence-corrected chi connectivity index (χ4v) is 3.14. The Labute approximate surface area is 157 Å². The molecule has 1 aromatic heterocycles. The number of hydrogen-bond acceptors (Lipinski definition) is 3. The molecule has 3 rings (SSSR count). The van der Waals surface area contributed by atoms with E-state index in [1.807, 2.05) is 6.92 Å². The summed E-state index contributed by atoms with van der Waals surface area (Å²) in [6.45, 7) is 3.64. The van der Waals surface area contributed by atoms with Gasteiger partial charge in [-0.1, -0.05) is 6.92 Å². The van der Waals surface area contributed by atoms with E-state index in [4.69, 9.17) is 0 Å². The highest BCUT2D eigenvalue weighted by Gasteiger charge is 2.21. The molecular formula is C18H23ClF2N4O. The minimum absolute atomic E-state index is 0. The number of benzene rings is 1. The molecule has 2 atom stereocenters. The number of amides is 1. The predicted octanol–water partition coefficient (Wildman–Crippen LogP) is 3.39. The van der Waals surface area contributed by atoms with Crippen molar-refractivity contribution in [2.24, 2.45) is 0 Å². The van der Waals surface area contributed by atoms with Crippen LogP contribution in [0.4, 0.5) is 8.78 Å². The highest BCUT2D eigenvalue weighted by Crippen LogP contribution is 2.22. The molecule has 1 amide bonds. The normalized spacial score (nSPS) is 18.0. The molecule has 0 radical (unpaired) electrons.